The highest BCUT2D eigenvalue weighted by molar-refractivity contribution is 5.56. The van der Waals surface area contributed by atoms with Crippen molar-refractivity contribution in [1.29, 1.82) is 0 Å². The van der Waals surface area contributed by atoms with Crippen molar-refractivity contribution in [1.82, 2.24) is 14.7 Å². The Morgan fingerprint density at radius 2 is 2.04 bits per heavy atom. The lowest BCUT2D eigenvalue weighted by atomic mass is 10.0. The number of aryl methyl sites for hydroxylation is 1. The summed E-state index contributed by atoms with van der Waals surface area (Å²) in [6.45, 7) is 12.2. The number of ether oxygens (including phenoxy) is 2. The third-order valence-corrected chi connectivity index (χ3v) is 5.59. The van der Waals surface area contributed by atoms with Crippen LogP contribution in [0.4, 0.5) is 5.69 Å². The van der Waals surface area contributed by atoms with Crippen LogP contribution in [0.2, 0.25) is 0 Å². The number of aromatic nitrogens is 2. The molecule has 146 valence electrons. The van der Waals surface area contributed by atoms with Gasteiger partial charge in [0.1, 0.15) is 0 Å². The average Bonchev–Trinajstić information content (AvgIpc) is 3.21. The third-order valence-electron chi connectivity index (χ3n) is 5.59. The fourth-order valence-electron chi connectivity index (χ4n) is 4.19. The van der Waals surface area contributed by atoms with Gasteiger partial charge in [-0.05, 0) is 59.2 Å². The number of hydrogen-bond acceptors (Lipinski definition) is 5. The lowest BCUT2D eigenvalue weighted by Crippen LogP contribution is -2.41. The largest absolute Gasteiger partial charge is 0.454 e. The van der Waals surface area contributed by atoms with Crippen molar-refractivity contribution in [2.45, 2.75) is 59.2 Å². The van der Waals surface area contributed by atoms with Crippen LogP contribution in [0.5, 0.6) is 11.5 Å². The lowest BCUT2D eigenvalue weighted by molar-refractivity contribution is 0.174. The molecule has 3 heterocycles. The van der Waals surface area contributed by atoms with Gasteiger partial charge in [-0.1, -0.05) is 0 Å². The fourth-order valence-corrected chi connectivity index (χ4v) is 4.19. The Hall–Kier alpha value is -2.21. The summed E-state index contributed by atoms with van der Waals surface area (Å²) in [5, 5.41) is 8.42. The molecule has 6 nitrogen and oxygen atoms in total. The highest BCUT2D eigenvalue weighted by Gasteiger charge is 2.23. The first-order valence-corrected chi connectivity index (χ1v) is 9.94. The van der Waals surface area contributed by atoms with Crippen LogP contribution in [0.25, 0.3) is 0 Å². The van der Waals surface area contributed by atoms with Gasteiger partial charge in [0.25, 0.3) is 0 Å². The summed E-state index contributed by atoms with van der Waals surface area (Å²) in [6.07, 6.45) is 2.40. The second kappa shape index (κ2) is 7.43. The molecule has 2 aliphatic rings. The van der Waals surface area contributed by atoms with Gasteiger partial charge in [-0.3, -0.25) is 9.58 Å². The molecule has 0 spiro atoms. The van der Waals surface area contributed by atoms with E-state index in [2.05, 4.69) is 48.7 Å². The van der Waals surface area contributed by atoms with Gasteiger partial charge in [0.15, 0.2) is 11.5 Å². The minimum absolute atomic E-state index is 0.318. The summed E-state index contributed by atoms with van der Waals surface area (Å²) in [5.41, 5.74) is 4.94. The predicted octanol–water partition coefficient (Wildman–Crippen LogP) is 3.89. The summed E-state index contributed by atoms with van der Waals surface area (Å²) >= 11 is 0. The molecular weight excluding hydrogens is 340 g/mol. The molecule has 1 fully saturated rings. The van der Waals surface area contributed by atoms with Crippen molar-refractivity contribution in [2.24, 2.45) is 0 Å². The van der Waals surface area contributed by atoms with Crippen molar-refractivity contribution in [2.75, 3.05) is 25.2 Å². The Labute approximate surface area is 161 Å². The Bertz CT molecular complexity index is 815. The second-order valence-electron chi connectivity index (χ2n) is 7.97. The SMILES string of the molecule is Cc1nn(C(C)C)c(C)c1CN1CCC[C@H](Nc2ccc3c(c2)OCO3)C1. The minimum atomic E-state index is 0.318. The first kappa shape index (κ1) is 18.2. The van der Waals surface area contributed by atoms with Crippen molar-refractivity contribution in [3.63, 3.8) is 0 Å². The smallest absolute Gasteiger partial charge is 0.231 e. The summed E-state index contributed by atoms with van der Waals surface area (Å²) in [7, 11) is 0. The van der Waals surface area contributed by atoms with E-state index >= 15 is 0 Å². The monoisotopic (exact) mass is 370 g/mol. The van der Waals surface area contributed by atoms with Crippen LogP contribution >= 0.6 is 0 Å². The molecule has 1 atom stereocenters. The number of nitrogens with one attached hydrogen (secondary N) is 1. The van der Waals surface area contributed by atoms with Gasteiger partial charge in [-0.2, -0.15) is 5.10 Å². The Kier molecular flexibility index (Phi) is 5.00. The van der Waals surface area contributed by atoms with E-state index in [1.165, 1.54) is 24.1 Å². The highest BCUT2D eigenvalue weighted by Crippen LogP contribution is 2.34. The quantitative estimate of drug-likeness (QED) is 0.865. The van der Waals surface area contributed by atoms with Gasteiger partial charge in [0.2, 0.25) is 6.79 Å². The summed E-state index contributed by atoms with van der Waals surface area (Å²) in [6, 6.07) is 6.95. The molecule has 0 unspecified atom stereocenters. The van der Waals surface area contributed by atoms with Crippen LogP contribution in [0, 0.1) is 13.8 Å². The number of fused-ring (bicyclic) bond motifs is 1. The topological polar surface area (TPSA) is 51.6 Å². The van der Waals surface area contributed by atoms with Gasteiger partial charge in [0.05, 0.1) is 5.69 Å². The number of benzene rings is 1. The maximum Gasteiger partial charge on any atom is 0.231 e. The van der Waals surface area contributed by atoms with Gasteiger partial charge < -0.3 is 14.8 Å². The highest BCUT2D eigenvalue weighted by atomic mass is 16.7. The van der Waals surface area contributed by atoms with Gasteiger partial charge in [-0.25, -0.2) is 0 Å². The van der Waals surface area contributed by atoms with E-state index in [9.17, 15) is 0 Å². The van der Waals surface area contributed by atoms with Gasteiger partial charge >= 0.3 is 0 Å². The van der Waals surface area contributed by atoms with Crippen LogP contribution in [-0.2, 0) is 6.54 Å². The molecule has 1 aromatic heterocycles. The van der Waals surface area contributed by atoms with E-state index in [0.717, 1.165) is 42.5 Å². The van der Waals surface area contributed by atoms with Crippen LogP contribution < -0.4 is 14.8 Å². The molecule has 27 heavy (non-hydrogen) atoms. The van der Waals surface area contributed by atoms with Gasteiger partial charge in [0, 0.05) is 48.2 Å². The van der Waals surface area contributed by atoms with Gasteiger partial charge in [-0.15, -0.1) is 0 Å². The molecule has 6 heteroatoms. The van der Waals surface area contributed by atoms with E-state index < -0.39 is 0 Å². The number of rotatable bonds is 5. The van der Waals surface area contributed by atoms with E-state index in [4.69, 9.17) is 14.6 Å². The van der Waals surface area contributed by atoms with Crippen molar-refractivity contribution < 1.29 is 9.47 Å². The molecule has 0 radical (unpaired) electrons. The molecule has 1 saturated heterocycles. The first-order valence-electron chi connectivity index (χ1n) is 9.94. The van der Waals surface area contributed by atoms with Crippen LogP contribution in [0.1, 0.15) is 49.7 Å². The van der Waals surface area contributed by atoms with Crippen molar-refractivity contribution >= 4 is 5.69 Å². The minimum Gasteiger partial charge on any atom is -0.454 e. The Morgan fingerprint density at radius 3 is 2.81 bits per heavy atom. The Balaban J connectivity index is 1.41. The van der Waals surface area contributed by atoms with Crippen molar-refractivity contribution in [3.8, 4) is 11.5 Å². The van der Waals surface area contributed by atoms with E-state index in [-0.39, 0.29) is 0 Å². The van der Waals surface area contributed by atoms with E-state index in [1.807, 2.05) is 12.1 Å². The zero-order valence-electron chi connectivity index (χ0n) is 16.8. The van der Waals surface area contributed by atoms with Crippen LogP contribution in [-0.4, -0.2) is 40.6 Å². The van der Waals surface area contributed by atoms with E-state index in [0.29, 0.717) is 18.9 Å². The molecule has 0 amide bonds. The number of nitrogens with zero attached hydrogens (tertiary/aromatic N) is 3. The Morgan fingerprint density at radius 1 is 1.22 bits per heavy atom. The second-order valence-corrected chi connectivity index (χ2v) is 7.97. The lowest BCUT2D eigenvalue weighted by Gasteiger charge is -2.33. The molecule has 0 aliphatic carbocycles. The molecule has 1 N–H and O–H groups in total. The summed E-state index contributed by atoms with van der Waals surface area (Å²) < 4.78 is 13.0. The van der Waals surface area contributed by atoms with Crippen LogP contribution in [0.3, 0.4) is 0 Å². The molecular formula is C21H30N4O2. The molecule has 0 bridgehead atoms. The maximum atomic E-state index is 5.49. The molecule has 1 aromatic carbocycles. The van der Waals surface area contributed by atoms with E-state index in [1.54, 1.807) is 0 Å². The molecule has 2 aliphatic heterocycles. The number of hydrogen-bond donors (Lipinski definition) is 1. The normalized spacial score (nSPS) is 19.7. The standard InChI is InChI=1S/C21H30N4O2/c1-14(2)25-16(4)19(15(3)23-25)12-24-9-5-6-18(11-24)22-17-7-8-20-21(10-17)27-13-26-20/h7-8,10,14,18,22H,5-6,9,11-13H2,1-4H3/t18-/m0/s1. The first-order chi connectivity index (χ1) is 13.0. The molecule has 2 aromatic rings. The summed E-state index contributed by atoms with van der Waals surface area (Å²) in [4.78, 5) is 2.55. The maximum absolute atomic E-state index is 5.49. The molecule has 4 rings (SSSR count). The average molecular weight is 370 g/mol. The number of piperidine rings is 1. The number of likely N-dealkylation sites (tertiary alicyclic amines) is 1. The zero-order chi connectivity index (χ0) is 19.0. The molecule has 0 saturated carbocycles. The van der Waals surface area contributed by atoms with Crippen LogP contribution in [0.15, 0.2) is 18.2 Å². The number of anilines is 1. The summed E-state index contributed by atoms with van der Waals surface area (Å²) in [5.74, 6) is 1.67. The third kappa shape index (κ3) is 3.76. The van der Waals surface area contributed by atoms with Crippen molar-refractivity contribution in [3.05, 3.63) is 35.2 Å². The zero-order valence-corrected chi connectivity index (χ0v) is 16.8. The predicted molar refractivity (Wildman–Crippen MR) is 107 cm³/mol. The fraction of sp³-hybridized carbons (Fsp3) is 0.571.